The first-order valence-electron chi connectivity index (χ1n) is 11.2. The number of nitrogens with zero attached hydrogens (tertiary/aromatic N) is 3. The molecule has 1 saturated heterocycles. The summed E-state index contributed by atoms with van der Waals surface area (Å²) in [6.07, 6.45) is 5.35. The molecule has 1 N–H and O–H groups in total. The first-order chi connectivity index (χ1) is 15.2. The molecule has 4 rings (SSSR count). The minimum absolute atomic E-state index is 0.0370. The van der Waals surface area contributed by atoms with Gasteiger partial charge in [-0.05, 0) is 49.9 Å². The van der Waals surface area contributed by atoms with Crippen molar-refractivity contribution in [3.05, 3.63) is 66.1 Å². The van der Waals surface area contributed by atoms with Gasteiger partial charge in [0.05, 0.1) is 12.5 Å². The Hall–Kier alpha value is -2.99. The van der Waals surface area contributed by atoms with E-state index in [9.17, 15) is 4.79 Å². The number of piperidine rings is 1. The molecule has 0 spiro atoms. The summed E-state index contributed by atoms with van der Waals surface area (Å²) in [6, 6.07) is 18.0. The highest BCUT2D eigenvalue weighted by atomic mass is 16.5. The zero-order valence-electron chi connectivity index (χ0n) is 18.1. The lowest BCUT2D eigenvalue weighted by atomic mass is 9.97. The Bertz CT molecular complexity index is 969. The molecule has 1 unspecified atom stereocenters. The fourth-order valence-electron chi connectivity index (χ4n) is 4.01. The summed E-state index contributed by atoms with van der Waals surface area (Å²) in [5.41, 5.74) is 3.12. The van der Waals surface area contributed by atoms with Crippen molar-refractivity contribution in [1.29, 1.82) is 0 Å². The molecule has 1 amide bonds. The van der Waals surface area contributed by atoms with Crippen LogP contribution in [-0.2, 0) is 17.8 Å². The van der Waals surface area contributed by atoms with Crippen LogP contribution in [0.25, 0.3) is 11.4 Å². The second kappa shape index (κ2) is 10.4. The fourth-order valence-corrected chi connectivity index (χ4v) is 4.01. The van der Waals surface area contributed by atoms with Gasteiger partial charge in [0.25, 0.3) is 0 Å². The summed E-state index contributed by atoms with van der Waals surface area (Å²) in [7, 11) is 0. The van der Waals surface area contributed by atoms with E-state index in [4.69, 9.17) is 4.52 Å². The standard InChI is InChI=1S/C25H30N4O2/c1-2-3-8-19-12-14-22(15-13-19)26-25(30)21-11-7-16-29(17-21)18-23-27-24(28-31-23)20-9-5-4-6-10-20/h4-6,9-10,12-15,21H,2-3,7-8,11,16-18H2,1H3,(H,26,30). The number of aromatic nitrogens is 2. The van der Waals surface area contributed by atoms with Crippen LogP contribution in [0.3, 0.4) is 0 Å². The van der Waals surface area contributed by atoms with E-state index in [1.54, 1.807) is 0 Å². The average molecular weight is 419 g/mol. The third-order valence-corrected chi connectivity index (χ3v) is 5.78. The Labute approximate surface area is 183 Å². The number of likely N-dealkylation sites (tertiary alicyclic amines) is 1. The summed E-state index contributed by atoms with van der Waals surface area (Å²) in [4.78, 5) is 19.6. The molecule has 2 heterocycles. The van der Waals surface area contributed by atoms with Crippen molar-refractivity contribution in [2.45, 2.75) is 45.6 Å². The van der Waals surface area contributed by atoms with Gasteiger partial charge in [-0.2, -0.15) is 4.98 Å². The molecule has 6 nitrogen and oxygen atoms in total. The maximum Gasteiger partial charge on any atom is 0.241 e. The molecule has 1 fully saturated rings. The maximum atomic E-state index is 12.8. The fraction of sp³-hybridized carbons (Fsp3) is 0.400. The van der Waals surface area contributed by atoms with E-state index in [-0.39, 0.29) is 11.8 Å². The Kier molecular flexibility index (Phi) is 7.10. The summed E-state index contributed by atoms with van der Waals surface area (Å²) in [6.45, 7) is 4.39. The Morgan fingerprint density at radius 2 is 1.97 bits per heavy atom. The number of benzene rings is 2. The first-order valence-corrected chi connectivity index (χ1v) is 11.2. The molecule has 1 aliphatic heterocycles. The monoisotopic (exact) mass is 418 g/mol. The largest absolute Gasteiger partial charge is 0.338 e. The molecule has 1 aromatic heterocycles. The van der Waals surface area contributed by atoms with Crippen molar-refractivity contribution in [1.82, 2.24) is 15.0 Å². The van der Waals surface area contributed by atoms with Crippen LogP contribution in [0.2, 0.25) is 0 Å². The molecule has 0 aliphatic carbocycles. The van der Waals surface area contributed by atoms with Crippen LogP contribution in [0.15, 0.2) is 59.1 Å². The lowest BCUT2D eigenvalue weighted by Crippen LogP contribution is -2.40. The third kappa shape index (κ3) is 5.79. The Morgan fingerprint density at radius 1 is 1.16 bits per heavy atom. The summed E-state index contributed by atoms with van der Waals surface area (Å²) < 4.78 is 5.45. The van der Waals surface area contributed by atoms with Gasteiger partial charge in [-0.1, -0.05) is 61.0 Å². The molecule has 162 valence electrons. The number of carbonyl (C=O) groups is 1. The van der Waals surface area contributed by atoms with Crippen LogP contribution in [0, 0.1) is 5.92 Å². The van der Waals surface area contributed by atoms with Gasteiger partial charge in [0.2, 0.25) is 17.6 Å². The van der Waals surface area contributed by atoms with Gasteiger partial charge in [0.15, 0.2) is 0 Å². The topological polar surface area (TPSA) is 71.3 Å². The van der Waals surface area contributed by atoms with Gasteiger partial charge in [0, 0.05) is 17.8 Å². The predicted molar refractivity (Wildman–Crippen MR) is 121 cm³/mol. The zero-order valence-corrected chi connectivity index (χ0v) is 18.1. The van der Waals surface area contributed by atoms with Gasteiger partial charge in [-0.3, -0.25) is 9.69 Å². The van der Waals surface area contributed by atoms with Gasteiger partial charge in [-0.25, -0.2) is 0 Å². The van der Waals surface area contributed by atoms with E-state index >= 15 is 0 Å². The van der Waals surface area contributed by atoms with E-state index in [0.29, 0.717) is 24.8 Å². The number of rotatable bonds is 8. The van der Waals surface area contributed by atoms with Crippen LogP contribution in [0.4, 0.5) is 5.69 Å². The summed E-state index contributed by atoms with van der Waals surface area (Å²) in [5, 5.41) is 7.18. The van der Waals surface area contributed by atoms with Crippen LogP contribution < -0.4 is 5.32 Å². The molecule has 31 heavy (non-hydrogen) atoms. The summed E-state index contributed by atoms with van der Waals surface area (Å²) in [5.74, 6) is 1.23. The molecule has 1 atom stereocenters. The molecular weight excluding hydrogens is 388 g/mol. The molecule has 2 aromatic carbocycles. The summed E-state index contributed by atoms with van der Waals surface area (Å²) >= 11 is 0. The van der Waals surface area contributed by atoms with Crippen molar-refractivity contribution in [2.75, 3.05) is 18.4 Å². The molecular formula is C25H30N4O2. The molecule has 0 saturated carbocycles. The first kappa shape index (κ1) is 21.2. The molecule has 0 radical (unpaired) electrons. The van der Waals surface area contributed by atoms with E-state index in [1.807, 2.05) is 42.5 Å². The number of hydrogen-bond donors (Lipinski definition) is 1. The lowest BCUT2D eigenvalue weighted by Gasteiger charge is -2.30. The zero-order chi connectivity index (χ0) is 21.5. The molecule has 0 bridgehead atoms. The number of amides is 1. The van der Waals surface area contributed by atoms with Crippen molar-refractivity contribution in [2.24, 2.45) is 5.92 Å². The third-order valence-electron chi connectivity index (χ3n) is 5.78. The van der Waals surface area contributed by atoms with Crippen molar-refractivity contribution >= 4 is 11.6 Å². The molecule has 6 heteroatoms. The van der Waals surface area contributed by atoms with E-state index in [2.05, 4.69) is 39.4 Å². The number of hydrogen-bond acceptors (Lipinski definition) is 5. The Morgan fingerprint density at radius 3 is 2.74 bits per heavy atom. The van der Waals surface area contributed by atoms with Crippen LogP contribution >= 0.6 is 0 Å². The van der Waals surface area contributed by atoms with Gasteiger partial charge in [-0.15, -0.1) is 0 Å². The van der Waals surface area contributed by atoms with Crippen LogP contribution in [-0.4, -0.2) is 34.0 Å². The van der Waals surface area contributed by atoms with Crippen molar-refractivity contribution in [3.63, 3.8) is 0 Å². The quantitative estimate of drug-likeness (QED) is 0.562. The lowest BCUT2D eigenvalue weighted by molar-refractivity contribution is -0.121. The number of nitrogens with one attached hydrogen (secondary N) is 1. The average Bonchev–Trinajstić information content (AvgIpc) is 3.28. The molecule has 3 aromatic rings. The maximum absolute atomic E-state index is 12.8. The van der Waals surface area contributed by atoms with E-state index in [1.165, 1.54) is 18.4 Å². The normalized spacial score (nSPS) is 16.9. The highest BCUT2D eigenvalue weighted by Gasteiger charge is 2.27. The van der Waals surface area contributed by atoms with Gasteiger partial charge in [0.1, 0.15) is 0 Å². The number of carbonyl (C=O) groups excluding carboxylic acids is 1. The van der Waals surface area contributed by atoms with Crippen LogP contribution in [0.1, 0.15) is 44.1 Å². The van der Waals surface area contributed by atoms with E-state index < -0.39 is 0 Å². The number of anilines is 1. The minimum atomic E-state index is -0.0370. The second-order valence-corrected chi connectivity index (χ2v) is 8.24. The number of unbranched alkanes of at least 4 members (excludes halogenated alkanes) is 1. The van der Waals surface area contributed by atoms with Gasteiger partial charge >= 0.3 is 0 Å². The molecule has 1 aliphatic rings. The minimum Gasteiger partial charge on any atom is -0.338 e. The van der Waals surface area contributed by atoms with E-state index in [0.717, 1.165) is 37.1 Å². The highest BCUT2D eigenvalue weighted by molar-refractivity contribution is 5.92. The SMILES string of the molecule is CCCCc1ccc(NC(=O)C2CCCN(Cc3nc(-c4ccccc4)no3)C2)cc1. The second-order valence-electron chi connectivity index (χ2n) is 8.24. The predicted octanol–water partition coefficient (Wildman–Crippen LogP) is 4.93. The highest BCUT2D eigenvalue weighted by Crippen LogP contribution is 2.22. The smallest absolute Gasteiger partial charge is 0.241 e. The van der Waals surface area contributed by atoms with Gasteiger partial charge < -0.3 is 9.84 Å². The van der Waals surface area contributed by atoms with Crippen LogP contribution in [0.5, 0.6) is 0 Å². The van der Waals surface area contributed by atoms with Crippen molar-refractivity contribution < 1.29 is 9.32 Å². The van der Waals surface area contributed by atoms with Crippen molar-refractivity contribution in [3.8, 4) is 11.4 Å². The Balaban J connectivity index is 1.31. The number of aryl methyl sites for hydroxylation is 1.